The quantitative estimate of drug-likeness (QED) is 0.0250. The number of carbonyl (C=O) groups is 2. The number of unbranched alkanes of at least 4 members (excludes halogenated alkanes) is 24. The van der Waals surface area contributed by atoms with E-state index in [4.69, 9.17) is 4.74 Å². The predicted octanol–water partition coefficient (Wildman–Crippen LogP) is 13.3. The molecular formula is C48H89NO5. The number of aliphatic hydroxyl groups excluding tert-OH is 2. The van der Waals surface area contributed by atoms with Crippen LogP contribution in [0.1, 0.15) is 233 Å². The highest BCUT2D eigenvalue weighted by Crippen LogP contribution is 2.16. The van der Waals surface area contributed by atoms with E-state index < -0.39 is 18.2 Å². The Morgan fingerprint density at radius 2 is 0.963 bits per heavy atom. The second kappa shape index (κ2) is 42.2. The summed E-state index contributed by atoms with van der Waals surface area (Å²) in [5.41, 5.74) is 0. The highest BCUT2D eigenvalue weighted by Gasteiger charge is 2.24. The van der Waals surface area contributed by atoms with Crippen LogP contribution in [0.4, 0.5) is 0 Å². The SMILES string of the molecule is CCCCC/C=C/C=C/CCCCCCCCC(=O)OC(CCC/C=C\CCCCCCCC)CC(=O)NC(CO)C(O)CCCCCCCCCCC. The Morgan fingerprint density at radius 1 is 0.537 bits per heavy atom. The van der Waals surface area contributed by atoms with Gasteiger partial charge in [-0.1, -0.05) is 186 Å². The Kier molecular flexibility index (Phi) is 40.7. The molecule has 6 heteroatoms. The maximum Gasteiger partial charge on any atom is 0.306 e. The van der Waals surface area contributed by atoms with Crippen LogP contribution in [0, 0.1) is 0 Å². The third kappa shape index (κ3) is 37.0. The van der Waals surface area contributed by atoms with Gasteiger partial charge in [0.15, 0.2) is 0 Å². The topological polar surface area (TPSA) is 95.9 Å². The summed E-state index contributed by atoms with van der Waals surface area (Å²) in [6, 6.07) is -0.707. The van der Waals surface area contributed by atoms with Crippen molar-refractivity contribution in [2.45, 2.75) is 251 Å². The molecule has 0 saturated heterocycles. The number of nitrogens with one attached hydrogen (secondary N) is 1. The highest BCUT2D eigenvalue weighted by molar-refractivity contribution is 5.77. The van der Waals surface area contributed by atoms with Crippen molar-refractivity contribution in [1.82, 2.24) is 5.32 Å². The molecule has 0 aromatic carbocycles. The normalized spacial score (nSPS) is 13.6. The number of amides is 1. The van der Waals surface area contributed by atoms with E-state index in [1.165, 1.54) is 122 Å². The first-order valence-electron chi connectivity index (χ1n) is 23.2. The van der Waals surface area contributed by atoms with Crippen LogP contribution in [-0.2, 0) is 14.3 Å². The highest BCUT2D eigenvalue weighted by atomic mass is 16.5. The molecule has 0 radical (unpaired) electrons. The van der Waals surface area contributed by atoms with Crippen molar-refractivity contribution < 1.29 is 24.5 Å². The number of aliphatic hydroxyl groups is 2. The van der Waals surface area contributed by atoms with Crippen LogP contribution in [0.15, 0.2) is 36.5 Å². The van der Waals surface area contributed by atoms with E-state index in [0.29, 0.717) is 19.3 Å². The molecule has 316 valence electrons. The van der Waals surface area contributed by atoms with Gasteiger partial charge in [-0.15, -0.1) is 0 Å². The molecule has 3 unspecified atom stereocenters. The Bertz CT molecular complexity index is 900. The standard InChI is InChI=1S/C48H89NO5/c1-4-7-10-13-16-19-21-22-23-24-26-29-32-35-38-41-48(53)54-44(39-36-33-30-28-25-20-17-14-11-8-5-2)42-47(52)49-45(43-50)46(51)40-37-34-31-27-18-15-12-9-6-3/h16,19,21-22,28,30,44-46,50-51H,4-15,17-18,20,23-27,29,31-43H2,1-3H3,(H,49,52)/b19-16+,22-21+,30-28-. The molecule has 0 aromatic rings. The first kappa shape index (κ1) is 52.1. The van der Waals surface area contributed by atoms with Crippen molar-refractivity contribution in [3.05, 3.63) is 36.5 Å². The minimum atomic E-state index is -0.792. The summed E-state index contributed by atoms with van der Waals surface area (Å²) >= 11 is 0. The molecule has 0 aliphatic heterocycles. The smallest absolute Gasteiger partial charge is 0.306 e. The van der Waals surface area contributed by atoms with Crippen molar-refractivity contribution in [3.63, 3.8) is 0 Å². The van der Waals surface area contributed by atoms with E-state index in [0.717, 1.165) is 64.2 Å². The molecule has 0 aliphatic rings. The largest absolute Gasteiger partial charge is 0.462 e. The van der Waals surface area contributed by atoms with Crippen molar-refractivity contribution in [2.24, 2.45) is 0 Å². The second-order valence-corrected chi connectivity index (χ2v) is 15.8. The number of hydrogen-bond acceptors (Lipinski definition) is 5. The molecular weight excluding hydrogens is 671 g/mol. The minimum Gasteiger partial charge on any atom is -0.462 e. The lowest BCUT2D eigenvalue weighted by molar-refractivity contribution is -0.151. The fourth-order valence-corrected chi connectivity index (χ4v) is 6.89. The summed E-state index contributed by atoms with van der Waals surface area (Å²) in [7, 11) is 0. The first-order valence-corrected chi connectivity index (χ1v) is 23.2. The van der Waals surface area contributed by atoms with Gasteiger partial charge in [-0.3, -0.25) is 9.59 Å². The van der Waals surface area contributed by atoms with Crippen LogP contribution in [0.3, 0.4) is 0 Å². The summed E-state index contributed by atoms with van der Waals surface area (Å²) in [5.74, 6) is -0.516. The maximum absolute atomic E-state index is 13.1. The third-order valence-electron chi connectivity index (χ3n) is 10.5. The number of esters is 1. The summed E-state index contributed by atoms with van der Waals surface area (Å²) in [5, 5.41) is 23.6. The molecule has 0 rings (SSSR count). The summed E-state index contributed by atoms with van der Waals surface area (Å²) in [6.07, 6.45) is 47.8. The molecule has 1 amide bonds. The van der Waals surface area contributed by atoms with Gasteiger partial charge in [0.05, 0.1) is 25.2 Å². The zero-order chi connectivity index (χ0) is 39.6. The first-order chi connectivity index (χ1) is 26.5. The lowest BCUT2D eigenvalue weighted by atomic mass is 10.0. The molecule has 3 N–H and O–H groups in total. The van der Waals surface area contributed by atoms with E-state index in [-0.39, 0.29) is 24.9 Å². The van der Waals surface area contributed by atoms with Gasteiger partial charge in [-0.2, -0.15) is 0 Å². The van der Waals surface area contributed by atoms with E-state index in [2.05, 4.69) is 62.5 Å². The molecule has 0 spiro atoms. The van der Waals surface area contributed by atoms with E-state index >= 15 is 0 Å². The van der Waals surface area contributed by atoms with Crippen LogP contribution in [0.5, 0.6) is 0 Å². The number of allylic oxidation sites excluding steroid dienone is 6. The number of rotatable bonds is 41. The molecule has 0 fully saturated rings. The van der Waals surface area contributed by atoms with Crippen LogP contribution in [0.25, 0.3) is 0 Å². The van der Waals surface area contributed by atoms with Gasteiger partial charge in [0.1, 0.15) is 6.10 Å². The second-order valence-electron chi connectivity index (χ2n) is 15.8. The fourth-order valence-electron chi connectivity index (χ4n) is 6.89. The lowest BCUT2D eigenvalue weighted by Gasteiger charge is -2.24. The summed E-state index contributed by atoms with van der Waals surface area (Å²) in [6.45, 7) is 6.40. The molecule has 0 aromatic heterocycles. The summed E-state index contributed by atoms with van der Waals surface area (Å²) in [4.78, 5) is 25.9. The molecule has 3 atom stereocenters. The number of carbonyl (C=O) groups excluding carboxylic acids is 2. The van der Waals surface area contributed by atoms with Gasteiger partial charge in [-0.05, 0) is 70.6 Å². The van der Waals surface area contributed by atoms with Gasteiger partial charge in [0.2, 0.25) is 5.91 Å². The van der Waals surface area contributed by atoms with E-state index in [9.17, 15) is 19.8 Å². The van der Waals surface area contributed by atoms with Crippen LogP contribution >= 0.6 is 0 Å². The summed E-state index contributed by atoms with van der Waals surface area (Å²) < 4.78 is 5.88. The van der Waals surface area contributed by atoms with E-state index in [1.54, 1.807) is 0 Å². The molecule has 54 heavy (non-hydrogen) atoms. The van der Waals surface area contributed by atoms with Crippen LogP contribution in [-0.4, -0.2) is 46.9 Å². The van der Waals surface area contributed by atoms with Crippen LogP contribution < -0.4 is 5.32 Å². The lowest BCUT2D eigenvalue weighted by Crippen LogP contribution is -2.46. The third-order valence-corrected chi connectivity index (χ3v) is 10.5. The van der Waals surface area contributed by atoms with Crippen molar-refractivity contribution in [2.75, 3.05) is 6.61 Å². The minimum absolute atomic E-state index is 0.0531. The molecule has 0 heterocycles. The van der Waals surface area contributed by atoms with E-state index in [1.807, 2.05) is 0 Å². The Morgan fingerprint density at radius 3 is 1.50 bits per heavy atom. The average molecular weight is 760 g/mol. The zero-order valence-corrected chi connectivity index (χ0v) is 35.9. The van der Waals surface area contributed by atoms with Gasteiger partial charge in [0, 0.05) is 6.42 Å². The fraction of sp³-hybridized carbons (Fsp3) is 0.833. The number of hydrogen-bond donors (Lipinski definition) is 3. The maximum atomic E-state index is 13.1. The van der Waals surface area contributed by atoms with Gasteiger partial charge in [-0.25, -0.2) is 0 Å². The zero-order valence-electron chi connectivity index (χ0n) is 35.9. The van der Waals surface area contributed by atoms with Crippen molar-refractivity contribution >= 4 is 11.9 Å². The average Bonchev–Trinajstić information content (AvgIpc) is 3.16. The van der Waals surface area contributed by atoms with Crippen molar-refractivity contribution in [1.29, 1.82) is 0 Å². The molecule has 0 bridgehead atoms. The van der Waals surface area contributed by atoms with Crippen molar-refractivity contribution in [3.8, 4) is 0 Å². The Labute approximate surface area is 334 Å². The molecule has 0 aliphatic carbocycles. The monoisotopic (exact) mass is 760 g/mol. The van der Waals surface area contributed by atoms with Gasteiger partial charge in [0.25, 0.3) is 0 Å². The molecule has 6 nitrogen and oxygen atoms in total. The number of ether oxygens (including phenoxy) is 1. The van der Waals surface area contributed by atoms with Crippen LogP contribution in [0.2, 0.25) is 0 Å². The Balaban J connectivity index is 4.61. The Hall–Kier alpha value is -1.92. The molecule has 0 saturated carbocycles. The predicted molar refractivity (Wildman–Crippen MR) is 232 cm³/mol. The van der Waals surface area contributed by atoms with Gasteiger partial charge >= 0.3 is 5.97 Å². The van der Waals surface area contributed by atoms with Gasteiger partial charge < -0.3 is 20.3 Å².